The van der Waals surface area contributed by atoms with Crippen molar-refractivity contribution >= 4 is 58.0 Å². The highest BCUT2D eigenvalue weighted by atomic mass is 16.5. The molecule has 2 aliphatic carbocycles. The molecule has 0 bridgehead atoms. The number of rotatable bonds is 11. The number of hydrogen-bond donors (Lipinski definition) is 5. The smallest absolute Gasteiger partial charge is 0.306 e. The summed E-state index contributed by atoms with van der Waals surface area (Å²) in [5.41, 5.74) is 8.12. The normalized spacial score (nSPS) is 13.6. The summed E-state index contributed by atoms with van der Waals surface area (Å²) in [6.07, 6.45) is 17.9. The summed E-state index contributed by atoms with van der Waals surface area (Å²) in [7, 11) is 0. The topological polar surface area (TPSA) is 255 Å². The van der Waals surface area contributed by atoms with E-state index in [1.54, 1.807) is 36.7 Å². The first-order valence-electron chi connectivity index (χ1n) is 19.2. The van der Waals surface area contributed by atoms with Gasteiger partial charge in [-0.15, -0.1) is 0 Å². The Morgan fingerprint density at radius 1 is 0.678 bits per heavy atom. The number of fused-ring (bicyclic) bond motifs is 2. The molecule has 6 N–H and O–H groups in total. The molecule has 6 heterocycles. The number of imidazole rings is 2. The molecule has 2 saturated carbocycles. The van der Waals surface area contributed by atoms with E-state index in [0.29, 0.717) is 56.9 Å². The van der Waals surface area contributed by atoms with E-state index in [-0.39, 0.29) is 41.8 Å². The molecular formula is C40H46N12O7. The van der Waals surface area contributed by atoms with Crippen molar-refractivity contribution in [3.63, 3.8) is 0 Å². The Bertz CT molecular complexity index is 2440. The van der Waals surface area contributed by atoms with E-state index in [1.165, 1.54) is 46.2 Å². The Balaban J connectivity index is 0.000000173. The van der Waals surface area contributed by atoms with Gasteiger partial charge in [0.2, 0.25) is 5.91 Å². The number of hydrogen-bond acceptors (Lipinski definition) is 13. The number of carbonyl (C=O) groups excluding carboxylic acids is 3. The van der Waals surface area contributed by atoms with E-state index in [2.05, 4.69) is 46.1 Å². The maximum atomic E-state index is 12.9. The number of nitrogens with zero attached hydrogens (tertiary/aromatic N) is 8. The van der Waals surface area contributed by atoms with E-state index in [1.807, 2.05) is 27.7 Å². The first kappa shape index (κ1) is 41.5. The van der Waals surface area contributed by atoms with Gasteiger partial charge in [0.1, 0.15) is 28.7 Å². The minimum absolute atomic E-state index is 0.000000000000000444. The fraction of sp³-hybridized carbons (Fsp3) is 0.350. The van der Waals surface area contributed by atoms with Gasteiger partial charge in [0.05, 0.1) is 54.0 Å². The van der Waals surface area contributed by atoms with Crippen molar-refractivity contribution in [1.82, 2.24) is 39.2 Å². The first-order valence-corrected chi connectivity index (χ1v) is 19.2. The average molecular weight is 807 g/mol. The molecule has 2 aliphatic rings. The van der Waals surface area contributed by atoms with Crippen LogP contribution < -0.4 is 31.2 Å². The Morgan fingerprint density at radius 2 is 1.17 bits per heavy atom. The summed E-state index contributed by atoms with van der Waals surface area (Å²) < 4.78 is 14.3. The van der Waals surface area contributed by atoms with Crippen LogP contribution in [0, 0.1) is 11.8 Å². The second-order valence-corrected chi connectivity index (χ2v) is 14.4. The molecule has 0 radical (unpaired) electrons. The predicted molar refractivity (Wildman–Crippen MR) is 217 cm³/mol. The lowest BCUT2D eigenvalue weighted by Gasteiger charge is -2.23. The quantitative estimate of drug-likeness (QED) is 0.108. The second-order valence-electron chi connectivity index (χ2n) is 14.4. The molecule has 6 aromatic heterocycles. The first-order chi connectivity index (χ1) is 28.4. The molecule has 308 valence electrons. The number of aromatic nitrogens is 8. The van der Waals surface area contributed by atoms with E-state index in [0.717, 1.165) is 38.5 Å². The summed E-state index contributed by atoms with van der Waals surface area (Å²) >= 11 is 0. The third kappa shape index (κ3) is 10.2. The number of carbonyl (C=O) groups is 4. The van der Waals surface area contributed by atoms with Crippen molar-refractivity contribution in [2.24, 2.45) is 11.8 Å². The fourth-order valence-electron chi connectivity index (χ4n) is 5.85. The number of anilines is 4. The molecule has 0 saturated heterocycles. The van der Waals surface area contributed by atoms with E-state index < -0.39 is 5.97 Å². The van der Waals surface area contributed by atoms with Gasteiger partial charge < -0.3 is 36.3 Å². The number of pyridine rings is 2. The molecule has 6 aromatic rings. The molecule has 19 heteroatoms. The lowest BCUT2D eigenvalue weighted by Crippen LogP contribution is -2.28. The highest BCUT2D eigenvalue weighted by molar-refractivity contribution is 6.09. The van der Waals surface area contributed by atoms with Gasteiger partial charge in [-0.2, -0.15) is 19.2 Å². The maximum Gasteiger partial charge on any atom is 0.306 e. The van der Waals surface area contributed by atoms with Gasteiger partial charge in [0.15, 0.2) is 17.1 Å². The number of carboxylic acid groups (broad SMARTS) is 1. The molecule has 8 rings (SSSR count). The number of ether oxygens (including phenoxy) is 2. The van der Waals surface area contributed by atoms with Crippen molar-refractivity contribution in [3.05, 3.63) is 85.0 Å². The fourth-order valence-corrected chi connectivity index (χ4v) is 5.85. The number of nitrogens with two attached hydrogens (primary N) is 1. The number of aliphatic carboxylic acids is 1. The van der Waals surface area contributed by atoms with Crippen LogP contribution in [0.4, 0.5) is 23.0 Å². The van der Waals surface area contributed by atoms with Crippen LogP contribution in [0.15, 0.2) is 73.8 Å². The molecule has 0 aromatic carbocycles. The van der Waals surface area contributed by atoms with Crippen LogP contribution in [0.25, 0.3) is 11.3 Å². The minimum atomic E-state index is -0.619. The third-order valence-corrected chi connectivity index (χ3v) is 9.29. The van der Waals surface area contributed by atoms with Gasteiger partial charge in [0, 0.05) is 42.8 Å². The van der Waals surface area contributed by atoms with Crippen LogP contribution in [0.3, 0.4) is 0 Å². The standard InChI is InChI=1S/C20H22N6O3.C15H16N6O2.C5H8O2/c1-12(2)29-16-7-8-21-10-15(16)24-20(28)14-6-9-23-26-17(11-22-18(14)26)25-19(27)13-4-3-5-13;1-9(2)23-12-4-5-17-7-11(12)20-15(22)10-3-6-19-21-13(16)8-18-14(10)21;6-5(7)4-2-1-3-4/h6-13H,3-5H2,1-2H3,(H,24,28)(H,25,27);3-9H,16H2,1-2H3,(H,20,22);4H,1-3H2,(H,6,7). The average Bonchev–Trinajstić information content (AvgIpc) is 3.74. The summed E-state index contributed by atoms with van der Waals surface area (Å²) in [6.45, 7) is 7.63. The van der Waals surface area contributed by atoms with Gasteiger partial charge in [-0.05, 0) is 65.5 Å². The number of amides is 3. The Kier molecular flexibility index (Phi) is 13.2. The molecule has 19 nitrogen and oxygen atoms in total. The summed E-state index contributed by atoms with van der Waals surface area (Å²) in [4.78, 5) is 64.2. The zero-order valence-electron chi connectivity index (χ0n) is 33.0. The monoisotopic (exact) mass is 806 g/mol. The summed E-state index contributed by atoms with van der Waals surface area (Å²) in [5, 5.41) is 25.0. The molecule has 2 fully saturated rings. The van der Waals surface area contributed by atoms with Gasteiger partial charge in [0.25, 0.3) is 11.8 Å². The highest BCUT2D eigenvalue weighted by Crippen LogP contribution is 2.29. The van der Waals surface area contributed by atoms with Crippen molar-refractivity contribution in [2.75, 3.05) is 21.7 Å². The third-order valence-electron chi connectivity index (χ3n) is 9.29. The SMILES string of the molecule is CC(C)Oc1ccncc1NC(=O)c1ccnn2c(N)cnc12.CC(C)Oc1ccncc1NC(=O)c1ccnn2c(NC(=O)C3CCC3)cnc12.O=C(O)C1CCC1. The van der Waals surface area contributed by atoms with Crippen molar-refractivity contribution in [3.8, 4) is 11.5 Å². The summed E-state index contributed by atoms with van der Waals surface area (Å²) in [6, 6.07) is 6.55. The maximum absolute atomic E-state index is 12.9. The Morgan fingerprint density at radius 3 is 1.63 bits per heavy atom. The number of nitrogen functional groups attached to an aromatic ring is 1. The largest absolute Gasteiger partial charge is 0.489 e. The van der Waals surface area contributed by atoms with Gasteiger partial charge in [-0.1, -0.05) is 12.8 Å². The van der Waals surface area contributed by atoms with E-state index in [4.69, 9.17) is 20.3 Å². The molecule has 0 unspecified atom stereocenters. The zero-order chi connectivity index (χ0) is 42.1. The lowest BCUT2D eigenvalue weighted by molar-refractivity contribution is -0.144. The molecular weight excluding hydrogens is 761 g/mol. The molecule has 0 spiro atoms. The van der Waals surface area contributed by atoms with Crippen molar-refractivity contribution < 1.29 is 33.8 Å². The minimum Gasteiger partial charge on any atom is -0.489 e. The van der Waals surface area contributed by atoms with Crippen LogP contribution in [0.5, 0.6) is 11.5 Å². The van der Waals surface area contributed by atoms with Gasteiger partial charge >= 0.3 is 5.97 Å². The van der Waals surface area contributed by atoms with Crippen LogP contribution in [0.2, 0.25) is 0 Å². The predicted octanol–water partition coefficient (Wildman–Crippen LogP) is 5.52. The number of nitrogens with one attached hydrogen (secondary N) is 3. The Labute approximate surface area is 338 Å². The highest BCUT2D eigenvalue weighted by Gasteiger charge is 2.27. The summed E-state index contributed by atoms with van der Waals surface area (Å²) in [5.74, 6) is 0.549. The lowest BCUT2D eigenvalue weighted by atomic mass is 9.85. The van der Waals surface area contributed by atoms with Gasteiger partial charge in [-0.25, -0.2) is 9.97 Å². The number of carboxylic acids is 1. The van der Waals surface area contributed by atoms with E-state index in [9.17, 15) is 19.2 Å². The van der Waals surface area contributed by atoms with Crippen LogP contribution in [0.1, 0.15) is 86.9 Å². The second kappa shape index (κ2) is 18.8. The molecule has 3 amide bonds. The van der Waals surface area contributed by atoms with Crippen LogP contribution >= 0.6 is 0 Å². The Hall–Kier alpha value is -7.18. The molecule has 0 atom stereocenters. The molecule has 0 aliphatic heterocycles. The van der Waals surface area contributed by atoms with E-state index >= 15 is 0 Å². The zero-order valence-corrected chi connectivity index (χ0v) is 33.0. The molecule has 59 heavy (non-hydrogen) atoms. The van der Waals surface area contributed by atoms with Crippen LogP contribution in [-0.2, 0) is 9.59 Å². The van der Waals surface area contributed by atoms with Gasteiger partial charge in [-0.3, -0.25) is 29.1 Å². The van der Waals surface area contributed by atoms with Crippen molar-refractivity contribution in [2.45, 2.75) is 78.4 Å². The van der Waals surface area contributed by atoms with Crippen molar-refractivity contribution in [1.29, 1.82) is 0 Å². The van der Waals surface area contributed by atoms with Crippen LogP contribution in [-0.4, -0.2) is 80.2 Å².